The fraction of sp³-hybridized carbons (Fsp3) is 0.250. The third-order valence-corrected chi connectivity index (χ3v) is 7.30. The van der Waals surface area contributed by atoms with Gasteiger partial charge < -0.3 is 14.5 Å². The molecule has 7 nitrogen and oxygen atoms in total. The number of carbonyl (C=O) groups is 2. The molecule has 4 heterocycles. The van der Waals surface area contributed by atoms with E-state index in [2.05, 4.69) is 36.0 Å². The quantitative estimate of drug-likeness (QED) is 0.479. The van der Waals surface area contributed by atoms with E-state index in [0.29, 0.717) is 16.8 Å². The number of anilines is 1. The van der Waals surface area contributed by atoms with Crippen LogP contribution in [0.3, 0.4) is 0 Å². The second kappa shape index (κ2) is 7.43. The van der Waals surface area contributed by atoms with E-state index >= 15 is 0 Å². The summed E-state index contributed by atoms with van der Waals surface area (Å²) in [6, 6.07) is 15.9. The third-order valence-electron chi connectivity index (χ3n) is 7.30. The van der Waals surface area contributed by atoms with Gasteiger partial charge in [-0.3, -0.25) is 19.3 Å². The monoisotopic (exact) mass is 466 g/mol. The lowest BCUT2D eigenvalue weighted by atomic mass is 9.84. The molecular formula is C28H26N4O3. The highest BCUT2D eigenvalue weighted by molar-refractivity contribution is 6.11. The standard InChI is InChI=1S/C28H26N4O3/c1-15(2)31-13-19-24(18-12-17-8-5-6-10-22(17)30(4)27(18)34)26-21(14-32(16(3)33)28(26)35)29-20-9-7-11-23(31)25(19)20/h5-13,15,24,29H,14H2,1-4H3. The highest BCUT2D eigenvalue weighted by Gasteiger charge is 2.42. The highest BCUT2D eigenvalue weighted by Crippen LogP contribution is 2.46. The summed E-state index contributed by atoms with van der Waals surface area (Å²) in [5.41, 5.74) is 5.15. The van der Waals surface area contributed by atoms with Crippen LogP contribution in [0.1, 0.15) is 43.9 Å². The van der Waals surface area contributed by atoms with Crippen LogP contribution >= 0.6 is 0 Å². The Morgan fingerprint density at radius 1 is 1.03 bits per heavy atom. The van der Waals surface area contributed by atoms with Crippen molar-refractivity contribution in [3.63, 3.8) is 0 Å². The summed E-state index contributed by atoms with van der Waals surface area (Å²) in [5, 5.41) is 5.39. The SMILES string of the molecule is CC(=O)N1CC2=C(C1=O)C(c1cc3ccccc3n(C)c1=O)c1cn(C(C)C)c3cccc(c13)N2. The average molecular weight is 467 g/mol. The molecule has 6 rings (SSSR count). The molecule has 0 saturated carbocycles. The molecule has 0 spiro atoms. The molecule has 0 aliphatic carbocycles. The number of hydrogen-bond acceptors (Lipinski definition) is 4. The van der Waals surface area contributed by atoms with Crippen molar-refractivity contribution in [2.75, 3.05) is 11.9 Å². The van der Waals surface area contributed by atoms with Gasteiger partial charge in [-0.15, -0.1) is 0 Å². The van der Waals surface area contributed by atoms with Crippen LogP contribution < -0.4 is 10.9 Å². The third kappa shape index (κ3) is 2.94. The Kier molecular flexibility index (Phi) is 4.55. The van der Waals surface area contributed by atoms with Crippen molar-refractivity contribution in [2.45, 2.75) is 32.7 Å². The molecule has 0 saturated heterocycles. The smallest absolute Gasteiger partial charge is 0.259 e. The number of aromatic nitrogens is 2. The van der Waals surface area contributed by atoms with Gasteiger partial charge in [0.05, 0.1) is 23.2 Å². The van der Waals surface area contributed by atoms with Gasteiger partial charge in [0, 0.05) is 54.5 Å². The summed E-state index contributed by atoms with van der Waals surface area (Å²) in [7, 11) is 1.76. The second-order valence-electron chi connectivity index (χ2n) is 9.67. The molecule has 1 unspecified atom stereocenters. The Balaban J connectivity index is 1.73. The van der Waals surface area contributed by atoms with Crippen LogP contribution in [0.2, 0.25) is 0 Å². The highest BCUT2D eigenvalue weighted by atomic mass is 16.2. The van der Waals surface area contributed by atoms with E-state index in [1.807, 2.05) is 42.5 Å². The summed E-state index contributed by atoms with van der Waals surface area (Å²) in [5.74, 6) is -1.27. The van der Waals surface area contributed by atoms with Gasteiger partial charge in [-0.2, -0.15) is 0 Å². The minimum atomic E-state index is -0.608. The number of aryl methyl sites for hydroxylation is 1. The van der Waals surface area contributed by atoms with Crippen molar-refractivity contribution in [3.05, 3.63) is 87.5 Å². The first kappa shape index (κ1) is 21.4. The lowest BCUT2D eigenvalue weighted by Gasteiger charge is -2.20. The summed E-state index contributed by atoms with van der Waals surface area (Å²) >= 11 is 0. The minimum absolute atomic E-state index is 0.153. The zero-order valence-corrected chi connectivity index (χ0v) is 20.1. The van der Waals surface area contributed by atoms with Crippen molar-refractivity contribution in [1.29, 1.82) is 0 Å². The fourth-order valence-electron chi connectivity index (χ4n) is 5.64. The Hall–Kier alpha value is -4.13. The summed E-state index contributed by atoms with van der Waals surface area (Å²) in [4.78, 5) is 41.1. The Labute approximate surface area is 202 Å². The molecule has 176 valence electrons. The molecule has 1 N–H and O–H groups in total. The maximum absolute atomic E-state index is 13.8. The molecule has 4 aromatic rings. The largest absolute Gasteiger partial charge is 0.356 e. The van der Waals surface area contributed by atoms with Crippen molar-refractivity contribution in [1.82, 2.24) is 14.0 Å². The average Bonchev–Trinajstić information content (AvgIpc) is 3.33. The van der Waals surface area contributed by atoms with E-state index in [0.717, 1.165) is 33.1 Å². The number of fused-ring (bicyclic) bond motifs is 1. The van der Waals surface area contributed by atoms with Gasteiger partial charge in [0.1, 0.15) is 0 Å². The molecule has 35 heavy (non-hydrogen) atoms. The van der Waals surface area contributed by atoms with Crippen LogP contribution in [0.4, 0.5) is 5.69 Å². The van der Waals surface area contributed by atoms with Gasteiger partial charge in [-0.1, -0.05) is 24.3 Å². The van der Waals surface area contributed by atoms with Gasteiger partial charge in [0.25, 0.3) is 11.5 Å². The lowest BCUT2D eigenvalue weighted by Crippen LogP contribution is -2.34. The first-order valence-electron chi connectivity index (χ1n) is 11.8. The summed E-state index contributed by atoms with van der Waals surface area (Å²) in [6.07, 6.45) is 2.07. The molecule has 7 heteroatoms. The van der Waals surface area contributed by atoms with E-state index in [1.54, 1.807) is 11.6 Å². The molecule has 0 radical (unpaired) electrons. The van der Waals surface area contributed by atoms with Gasteiger partial charge in [-0.25, -0.2) is 0 Å². The number of pyridine rings is 1. The summed E-state index contributed by atoms with van der Waals surface area (Å²) < 4.78 is 3.83. The molecule has 2 aromatic carbocycles. The van der Waals surface area contributed by atoms with Crippen molar-refractivity contribution in [3.8, 4) is 0 Å². The predicted molar refractivity (Wildman–Crippen MR) is 136 cm³/mol. The molecule has 2 aliphatic heterocycles. The van der Waals surface area contributed by atoms with Gasteiger partial charge in [0.2, 0.25) is 5.91 Å². The molecule has 0 fully saturated rings. The van der Waals surface area contributed by atoms with E-state index < -0.39 is 5.92 Å². The van der Waals surface area contributed by atoms with Crippen LogP contribution in [0.5, 0.6) is 0 Å². The van der Waals surface area contributed by atoms with E-state index in [-0.39, 0.29) is 30.0 Å². The lowest BCUT2D eigenvalue weighted by molar-refractivity contribution is -0.139. The van der Waals surface area contributed by atoms with Crippen molar-refractivity contribution in [2.24, 2.45) is 7.05 Å². The van der Waals surface area contributed by atoms with Crippen molar-refractivity contribution < 1.29 is 9.59 Å². The van der Waals surface area contributed by atoms with Crippen LogP contribution in [-0.4, -0.2) is 32.4 Å². The number of amides is 2. The number of nitrogens with one attached hydrogen (secondary N) is 1. The number of carbonyl (C=O) groups excluding carboxylic acids is 2. The first-order chi connectivity index (χ1) is 16.8. The number of para-hydroxylation sites is 1. The molecular weight excluding hydrogens is 440 g/mol. The molecule has 2 aliphatic rings. The number of hydrogen-bond donors (Lipinski definition) is 1. The number of nitrogens with zero attached hydrogens (tertiary/aromatic N) is 3. The second-order valence-corrected chi connectivity index (χ2v) is 9.67. The van der Waals surface area contributed by atoms with Crippen LogP contribution in [0.15, 0.2) is 70.8 Å². The van der Waals surface area contributed by atoms with Crippen molar-refractivity contribution >= 4 is 39.3 Å². The first-order valence-corrected chi connectivity index (χ1v) is 11.8. The maximum atomic E-state index is 13.8. The molecule has 0 bridgehead atoms. The van der Waals surface area contributed by atoms with E-state index in [4.69, 9.17) is 0 Å². The zero-order valence-electron chi connectivity index (χ0n) is 20.1. The van der Waals surface area contributed by atoms with Gasteiger partial charge >= 0.3 is 0 Å². The number of rotatable bonds is 2. The maximum Gasteiger partial charge on any atom is 0.259 e. The Morgan fingerprint density at radius 3 is 2.51 bits per heavy atom. The molecule has 2 amide bonds. The summed E-state index contributed by atoms with van der Waals surface area (Å²) in [6.45, 7) is 5.79. The number of imide groups is 1. The Morgan fingerprint density at radius 2 is 1.77 bits per heavy atom. The van der Waals surface area contributed by atoms with E-state index in [1.165, 1.54) is 11.8 Å². The zero-order chi connectivity index (χ0) is 24.6. The van der Waals surface area contributed by atoms with Crippen LogP contribution in [0.25, 0.3) is 21.8 Å². The minimum Gasteiger partial charge on any atom is -0.356 e. The Bertz CT molecular complexity index is 1670. The van der Waals surface area contributed by atoms with Crippen LogP contribution in [0, 0.1) is 0 Å². The van der Waals surface area contributed by atoms with Crippen LogP contribution in [-0.2, 0) is 16.6 Å². The predicted octanol–water partition coefficient (Wildman–Crippen LogP) is 4.27. The molecule has 1 atom stereocenters. The van der Waals surface area contributed by atoms with Gasteiger partial charge in [-0.05, 0) is 49.1 Å². The normalized spacial score (nSPS) is 17.3. The van der Waals surface area contributed by atoms with E-state index in [9.17, 15) is 14.4 Å². The van der Waals surface area contributed by atoms with Gasteiger partial charge in [0.15, 0.2) is 0 Å². The number of benzene rings is 2. The fourth-order valence-corrected chi connectivity index (χ4v) is 5.64. The topological polar surface area (TPSA) is 76.3 Å². The molecule has 2 aromatic heterocycles.